The van der Waals surface area contributed by atoms with Crippen molar-refractivity contribution in [2.75, 3.05) is 0 Å². The third-order valence-corrected chi connectivity index (χ3v) is 8.27. The smallest absolute Gasteiger partial charge is 0.409 e. The average Bonchev–Trinajstić information content (AvgIpc) is 3.02. The third kappa shape index (κ3) is 4.04. The second kappa shape index (κ2) is 7.71. The molecule has 0 bridgehead atoms. The van der Waals surface area contributed by atoms with Crippen molar-refractivity contribution < 1.29 is 27.2 Å². The van der Waals surface area contributed by atoms with Gasteiger partial charge in [-0.25, -0.2) is 4.72 Å². The van der Waals surface area contributed by atoms with Crippen LogP contribution in [0.4, 0.5) is 0 Å². The SMILES string of the molecule is CC(=O)NS(=O)(=O)Oc1cc2c(cc1OC(C)O)C1CC[C@]3(C)CCCC3C1CC2. The highest BCUT2D eigenvalue weighted by atomic mass is 32.2. The molecule has 2 fully saturated rings. The Balaban J connectivity index is 1.69. The molecule has 4 unspecified atom stereocenters. The minimum atomic E-state index is -4.32. The first-order valence-electron chi connectivity index (χ1n) is 10.8. The van der Waals surface area contributed by atoms with Gasteiger partial charge in [-0.1, -0.05) is 13.3 Å². The number of nitrogens with one attached hydrogen (secondary N) is 1. The maximum absolute atomic E-state index is 12.1. The molecular formula is C22H31NO6S. The van der Waals surface area contributed by atoms with Gasteiger partial charge in [-0.2, -0.15) is 8.42 Å². The Bertz CT molecular complexity index is 943. The summed E-state index contributed by atoms with van der Waals surface area (Å²) in [4.78, 5) is 11.2. The highest BCUT2D eigenvalue weighted by molar-refractivity contribution is 7.85. The summed E-state index contributed by atoms with van der Waals surface area (Å²) in [7, 11) is -4.32. The van der Waals surface area contributed by atoms with Gasteiger partial charge in [0.15, 0.2) is 17.8 Å². The minimum absolute atomic E-state index is 0.0108. The van der Waals surface area contributed by atoms with E-state index >= 15 is 0 Å². The number of rotatable bonds is 5. The second-order valence-electron chi connectivity index (χ2n) is 9.41. The van der Waals surface area contributed by atoms with Gasteiger partial charge < -0.3 is 14.0 Å². The Morgan fingerprint density at radius 3 is 2.70 bits per heavy atom. The van der Waals surface area contributed by atoms with Gasteiger partial charge in [-0.15, -0.1) is 0 Å². The number of aliphatic hydroxyl groups excluding tert-OH is 1. The molecule has 0 aliphatic heterocycles. The number of aliphatic hydroxyl groups is 1. The zero-order chi connectivity index (χ0) is 21.7. The van der Waals surface area contributed by atoms with E-state index in [4.69, 9.17) is 8.92 Å². The predicted octanol–water partition coefficient (Wildman–Crippen LogP) is 3.41. The largest absolute Gasteiger partial charge is 0.461 e. The molecule has 0 aromatic heterocycles. The summed E-state index contributed by atoms with van der Waals surface area (Å²) in [6.07, 6.45) is 7.06. The van der Waals surface area contributed by atoms with Gasteiger partial charge in [0.25, 0.3) is 0 Å². The lowest BCUT2D eigenvalue weighted by Crippen LogP contribution is -2.39. The summed E-state index contributed by atoms with van der Waals surface area (Å²) in [5, 5.41) is 9.77. The molecule has 30 heavy (non-hydrogen) atoms. The number of hydrogen-bond donors (Lipinski definition) is 2. The highest BCUT2D eigenvalue weighted by Crippen LogP contribution is 2.61. The van der Waals surface area contributed by atoms with Crippen molar-refractivity contribution in [1.29, 1.82) is 0 Å². The zero-order valence-corrected chi connectivity index (χ0v) is 18.6. The quantitative estimate of drug-likeness (QED) is 0.685. The van der Waals surface area contributed by atoms with Gasteiger partial charge in [0.1, 0.15) is 0 Å². The number of amides is 1. The molecular weight excluding hydrogens is 406 g/mol. The van der Waals surface area contributed by atoms with E-state index in [0.29, 0.717) is 17.3 Å². The van der Waals surface area contributed by atoms with Crippen LogP contribution in [0, 0.1) is 17.3 Å². The standard InChI is InChI=1S/C22H31NO6S/c1-13(24)23-30(26,27)29-21-11-15-6-7-17-16(18(15)12-20(21)28-14(2)25)8-10-22(3)9-4-5-19(17)22/h11-12,14,16-17,19,25H,4-10H2,1-3H3,(H,23,24)/t14?,16?,17?,19?,22-/m0/s1. The summed E-state index contributed by atoms with van der Waals surface area (Å²) in [6.45, 7) is 5.00. The molecule has 4 rings (SSSR count). The fourth-order valence-corrected chi connectivity index (χ4v) is 6.99. The summed E-state index contributed by atoms with van der Waals surface area (Å²) >= 11 is 0. The number of hydrogen-bond acceptors (Lipinski definition) is 6. The number of ether oxygens (including phenoxy) is 1. The molecule has 1 aromatic rings. The van der Waals surface area contributed by atoms with E-state index in [2.05, 4.69) is 6.92 Å². The van der Waals surface area contributed by atoms with Crippen LogP contribution < -0.4 is 13.6 Å². The van der Waals surface area contributed by atoms with Crippen LogP contribution in [-0.4, -0.2) is 25.7 Å². The predicted molar refractivity (Wildman–Crippen MR) is 111 cm³/mol. The lowest BCUT2D eigenvalue weighted by molar-refractivity contribution is -0.117. The van der Waals surface area contributed by atoms with Crippen LogP contribution in [0.1, 0.15) is 76.3 Å². The van der Waals surface area contributed by atoms with E-state index in [1.54, 1.807) is 10.8 Å². The Hall–Kier alpha value is -1.80. The van der Waals surface area contributed by atoms with E-state index < -0.39 is 22.5 Å². The molecule has 7 nitrogen and oxygen atoms in total. The first kappa shape index (κ1) is 21.4. The minimum Gasteiger partial charge on any atom is -0.461 e. The van der Waals surface area contributed by atoms with Crippen LogP contribution in [0.15, 0.2) is 12.1 Å². The van der Waals surface area contributed by atoms with Crippen LogP contribution in [0.5, 0.6) is 11.5 Å². The van der Waals surface area contributed by atoms with Gasteiger partial charge in [-0.05, 0) is 91.9 Å². The van der Waals surface area contributed by atoms with Crippen LogP contribution in [0.2, 0.25) is 0 Å². The first-order chi connectivity index (χ1) is 14.1. The van der Waals surface area contributed by atoms with Crippen LogP contribution in [-0.2, 0) is 21.5 Å². The molecule has 3 aliphatic rings. The molecule has 3 aliphatic carbocycles. The zero-order valence-electron chi connectivity index (χ0n) is 17.8. The Kier molecular flexibility index (Phi) is 5.51. The number of benzene rings is 1. The summed E-state index contributed by atoms with van der Waals surface area (Å²) in [5.41, 5.74) is 2.69. The van der Waals surface area contributed by atoms with Crippen LogP contribution >= 0.6 is 0 Å². The van der Waals surface area contributed by atoms with E-state index in [-0.39, 0.29) is 11.5 Å². The van der Waals surface area contributed by atoms with Crippen molar-refractivity contribution in [2.45, 2.75) is 77.9 Å². The van der Waals surface area contributed by atoms with Gasteiger partial charge in [0.05, 0.1) is 0 Å². The van der Waals surface area contributed by atoms with Crippen molar-refractivity contribution in [3.05, 3.63) is 23.3 Å². The number of carbonyl (C=O) groups is 1. The molecule has 1 amide bonds. The van der Waals surface area contributed by atoms with Gasteiger partial charge in [-0.3, -0.25) is 4.79 Å². The first-order valence-corrected chi connectivity index (χ1v) is 12.2. The molecule has 0 radical (unpaired) electrons. The Morgan fingerprint density at radius 2 is 2.00 bits per heavy atom. The topological polar surface area (TPSA) is 102 Å². The lowest BCUT2D eigenvalue weighted by atomic mass is 9.56. The normalized spacial score (nSPS) is 31.1. The number of carbonyl (C=O) groups excluding carboxylic acids is 1. The van der Waals surface area contributed by atoms with Gasteiger partial charge >= 0.3 is 10.3 Å². The molecule has 0 spiro atoms. The number of fused-ring (bicyclic) bond motifs is 5. The van der Waals surface area contributed by atoms with Crippen molar-refractivity contribution in [1.82, 2.24) is 4.72 Å². The van der Waals surface area contributed by atoms with Gasteiger partial charge in [0, 0.05) is 6.92 Å². The van der Waals surface area contributed by atoms with Crippen molar-refractivity contribution in [3.8, 4) is 11.5 Å². The molecule has 2 saturated carbocycles. The fourth-order valence-electron chi connectivity index (χ4n) is 6.23. The van der Waals surface area contributed by atoms with E-state index in [1.165, 1.54) is 38.2 Å². The average molecular weight is 438 g/mol. The molecule has 8 heteroatoms. The maximum Gasteiger partial charge on any atom is 0.409 e. The summed E-state index contributed by atoms with van der Waals surface area (Å²) in [6, 6.07) is 3.54. The molecule has 0 heterocycles. The molecule has 0 saturated heterocycles. The second-order valence-corrected chi connectivity index (χ2v) is 10.7. The third-order valence-electron chi connectivity index (χ3n) is 7.34. The maximum atomic E-state index is 12.1. The van der Waals surface area contributed by atoms with Crippen LogP contribution in [0.3, 0.4) is 0 Å². The highest BCUT2D eigenvalue weighted by Gasteiger charge is 2.50. The molecule has 1 aromatic carbocycles. The lowest BCUT2D eigenvalue weighted by Gasteiger charge is -2.49. The molecule has 5 atom stereocenters. The van der Waals surface area contributed by atoms with E-state index in [1.807, 2.05) is 6.07 Å². The molecule has 166 valence electrons. The van der Waals surface area contributed by atoms with E-state index in [0.717, 1.165) is 37.7 Å². The van der Waals surface area contributed by atoms with E-state index in [9.17, 15) is 18.3 Å². The Morgan fingerprint density at radius 1 is 1.23 bits per heavy atom. The van der Waals surface area contributed by atoms with Crippen LogP contribution in [0.25, 0.3) is 0 Å². The van der Waals surface area contributed by atoms with Gasteiger partial charge in [0.2, 0.25) is 5.91 Å². The summed E-state index contributed by atoms with van der Waals surface area (Å²) < 4.78 is 36.7. The number of aryl methyl sites for hydroxylation is 1. The Labute approximate surface area is 178 Å². The van der Waals surface area contributed by atoms with Crippen molar-refractivity contribution >= 4 is 16.2 Å². The van der Waals surface area contributed by atoms with Crippen molar-refractivity contribution in [3.63, 3.8) is 0 Å². The summed E-state index contributed by atoms with van der Waals surface area (Å²) in [5.74, 6) is 1.22. The monoisotopic (exact) mass is 437 g/mol. The van der Waals surface area contributed by atoms with Crippen molar-refractivity contribution in [2.24, 2.45) is 17.3 Å². The molecule has 2 N–H and O–H groups in total. The fraction of sp³-hybridized carbons (Fsp3) is 0.682.